The van der Waals surface area contributed by atoms with Crippen molar-refractivity contribution in [2.24, 2.45) is 5.41 Å². The van der Waals surface area contributed by atoms with Crippen LogP contribution in [-0.2, 0) is 0 Å². The number of rotatable bonds is 8. The average molecular weight is 266 g/mol. The number of halogens is 3. The van der Waals surface area contributed by atoms with Crippen LogP contribution in [0.15, 0.2) is 0 Å². The molecule has 1 saturated carbocycles. The van der Waals surface area contributed by atoms with Crippen molar-refractivity contribution in [3.63, 3.8) is 0 Å². The van der Waals surface area contributed by atoms with E-state index in [0.717, 1.165) is 32.2 Å². The molecule has 0 spiro atoms. The highest BCUT2D eigenvalue weighted by atomic mass is 19.4. The number of hydrogen-bond acceptors (Lipinski definition) is 2. The van der Waals surface area contributed by atoms with Gasteiger partial charge in [0.2, 0.25) is 0 Å². The zero-order chi connectivity index (χ0) is 13.8. The first-order valence-electron chi connectivity index (χ1n) is 6.81. The van der Waals surface area contributed by atoms with E-state index in [1.807, 2.05) is 7.05 Å². The van der Waals surface area contributed by atoms with Gasteiger partial charge in [-0.25, -0.2) is 0 Å². The largest absolute Gasteiger partial charge is 0.401 e. The minimum atomic E-state index is -4.09. The fraction of sp³-hybridized carbons (Fsp3) is 1.00. The summed E-state index contributed by atoms with van der Waals surface area (Å²) in [6.45, 7) is 4.70. The molecule has 0 atom stereocenters. The number of hydrogen-bond donors (Lipinski definition) is 1. The van der Waals surface area contributed by atoms with Crippen molar-refractivity contribution in [1.29, 1.82) is 0 Å². The van der Waals surface area contributed by atoms with E-state index < -0.39 is 12.7 Å². The van der Waals surface area contributed by atoms with E-state index in [-0.39, 0.29) is 11.5 Å². The molecule has 2 nitrogen and oxygen atoms in total. The Morgan fingerprint density at radius 1 is 1.11 bits per heavy atom. The summed E-state index contributed by atoms with van der Waals surface area (Å²) in [6, 6.07) is 0.154. The molecule has 1 rings (SSSR count). The number of alkyl halides is 3. The molecule has 0 aromatic rings. The zero-order valence-corrected chi connectivity index (χ0v) is 11.6. The lowest BCUT2D eigenvalue weighted by molar-refractivity contribution is -0.150. The molecule has 1 aliphatic carbocycles. The van der Waals surface area contributed by atoms with E-state index in [1.165, 1.54) is 0 Å². The van der Waals surface area contributed by atoms with Gasteiger partial charge in [0.25, 0.3) is 0 Å². The molecule has 0 amide bonds. The topological polar surface area (TPSA) is 15.3 Å². The first-order valence-corrected chi connectivity index (χ1v) is 6.81. The fourth-order valence-electron chi connectivity index (χ4n) is 2.57. The van der Waals surface area contributed by atoms with Crippen molar-refractivity contribution in [1.82, 2.24) is 10.2 Å². The maximum absolute atomic E-state index is 12.6. The van der Waals surface area contributed by atoms with Crippen LogP contribution in [0.1, 0.15) is 39.5 Å². The quantitative estimate of drug-likeness (QED) is 0.726. The molecule has 18 heavy (non-hydrogen) atoms. The highest BCUT2D eigenvalue weighted by Gasteiger charge is 2.41. The molecule has 5 heteroatoms. The minimum absolute atomic E-state index is 0.0391. The van der Waals surface area contributed by atoms with Crippen molar-refractivity contribution >= 4 is 0 Å². The van der Waals surface area contributed by atoms with Gasteiger partial charge in [0.15, 0.2) is 0 Å². The normalized spacial score (nSPS) is 17.5. The molecule has 0 aromatic heterocycles. The summed E-state index contributed by atoms with van der Waals surface area (Å²) in [6.07, 6.45) is -0.440. The lowest BCUT2D eigenvalue weighted by Gasteiger charge is -2.37. The Bertz CT molecular complexity index is 245. The van der Waals surface area contributed by atoms with Crippen molar-refractivity contribution in [3.05, 3.63) is 0 Å². The lowest BCUT2D eigenvalue weighted by atomic mass is 9.81. The van der Waals surface area contributed by atoms with Crippen LogP contribution < -0.4 is 5.32 Å². The second-order valence-electron chi connectivity index (χ2n) is 5.49. The van der Waals surface area contributed by atoms with Gasteiger partial charge in [-0.3, -0.25) is 4.90 Å². The van der Waals surface area contributed by atoms with Crippen LogP contribution in [-0.4, -0.2) is 43.8 Å². The van der Waals surface area contributed by atoms with Crippen LogP contribution >= 0.6 is 0 Å². The van der Waals surface area contributed by atoms with Gasteiger partial charge in [-0.15, -0.1) is 0 Å². The third-order valence-electron chi connectivity index (χ3n) is 4.04. The van der Waals surface area contributed by atoms with Crippen LogP contribution in [0.2, 0.25) is 0 Å². The Hall–Kier alpha value is -0.290. The van der Waals surface area contributed by atoms with Crippen molar-refractivity contribution in [2.45, 2.75) is 51.7 Å². The van der Waals surface area contributed by atoms with E-state index in [2.05, 4.69) is 19.2 Å². The second kappa shape index (κ2) is 6.24. The molecule has 1 aliphatic rings. The molecule has 0 aromatic carbocycles. The van der Waals surface area contributed by atoms with Crippen molar-refractivity contribution < 1.29 is 13.2 Å². The predicted octanol–water partition coefficient (Wildman–Crippen LogP) is 3.04. The van der Waals surface area contributed by atoms with Crippen LogP contribution in [0.5, 0.6) is 0 Å². The van der Waals surface area contributed by atoms with Gasteiger partial charge in [0.1, 0.15) is 0 Å². The molecule has 0 unspecified atom stereocenters. The number of nitrogens with zero attached hydrogens (tertiary/aromatic N) is 1. The third-order valence-corrected chi connectivity index (χ3v) is 4.04. The molecule has 0 saturated heterocycles. The highest BCUT2D eigenvalue weighted by molar-refractivity contribution is 4.91. The molecule has 0 radical (unpaired) electrons. The molecule has 1 N–H and O–H groups in total. The van der Waals surface area contributed by atoms with Crippen molar-refractivity contribution in [3.8, 4) is 0 Å². The van der Waals surface area contributed by atoms with Crippen LogP contribution in [0.3, 0.4) is 0 Å². The summed E-state index contributed by atoms with van der Waals surface area (Å²) in [5.41, 5.74) is -0.0391. The smallest absolute Gasteiger partial charge is 0.319 e. The Kier molecular flexibility index (Phi) is 5.46. The van der Waals surface area contributed by atoms with E-state index in [0.29, 0.717) is 6.54 Å². The summed E-state index contributed by atoms with van der Waals surface area (Å²) in [5.74, 6) is 0. The molecular formula is C13H25F3N2. The van der Waals surface area contributed by atoms with Gasteiger partial charge in [0, 0.05) is 19.1 Å². The Balaban J connectivity index is 2.67. The minimum Gasteiger partial charge on any atom is -0.319 e. The average Bonchev–Trinajstić information content (AvgIpc) is 3.09. The van der Waals surface area contributed by atoms with Gasteiger partial charge in [-0.2, -0.15) is 13.2 Å². The van der Waals surface area contributed by atoms with Gasteiger partial charge >= 0.3 is 6.18 Å². The Labute approximate surface area is 108 Å². The first kappa shape index (κ1) is 15.8. The van der Waals surface area contributed by atoms with Crippen LogP contribution in [0.25, 0.3) is 0 Å². The van der Waals surface area contributed by atoms with E-state index in [4.69, 9.17) is 0 Å². The van der Waals surface area contributed by atoms with Gasteiger partial charge in [0.05, 0.1) is 6.54 Å². The fourth-order valence-corrected chi connectivity index (χ4v) is 2.57. The van der Waals surface area contributed by atoms with E-state index >= 15 is 0 Å². The molecule has 0 bridgehead atoms. The van der Waals surface area contributed by atoms with E-state index in [1.54, 1.807) is 4.90 Å². The van der Waals surface area contributed by atoms with Gasteiger partial charge in [-0.05, 0) is 38.1 Å². The molecular weight excluding hydrogens is 241 g/mol. The van der Waals surface area contributed by atoms with Crippen LogP contribution in [0, 0.1) is 5.41 Å². The summed E-state index contributed by atoms with van der Waals surface area (Å²) in [7, 11) is 1.87. The summed E-state index contributed by atoms with van der Waals surface area (Å²) in [4.78, 5) is 1.64. The van der Waals surface area contributed by atoms with Crippen LogP contribution in [0.4, 0.5) is 13.2 Å². The van der Waals surface area contributed by atoms with E-state index in [9.17, 15) is 13.2 Å². The SMILES string of the molecule is CCC(CC)(CNC)CN(CC(F)(F)F)C1CC1. The Morgan fingerprint density at radius 2 is 1.67 bits per heavy atom. The maximum Gasteiger partial charge on any atom is 0.401 e. The number of nitrogens with one attached hydrogen (secondary N) is 1. The summed E-state index contributed by atoms with van der Waals surface area (Å²) >= 11 is 0. The summed E-state index contributed by atoms with van der Waals surface area (Å²) in [5, 5.41) is 3.13. The van der Waals surface area contributed by atoms with Gasteiger partial charge in [-0.1, -0.05) is 13.8 Å². The first-order chi connectivity index (χ1) is 8.36. The summed E-state index contributed by atoms with van der Waals surface area (Å²) < 4.78 is 37.8. The predicted molar refractivity (Wildman–Crippen MR) is 67.6 cm³/mol. The van der Waals surface area contributed by atoms with Gasteiger partial charge < -0.3 is 5.32 Å². The second-order valence-corrected chi connectivity index (χ2v) is 5.49. The lowest BCUT2D eigenvalue weighted by Crippen LogP contribution is -2.46. The third kappa shape index (κ3) is 4.76. The standard InChI is InChI=1S/C13H25F3N2/c1-4-12(5-2,8-17-3)9-18(11-6-7-11)10-13(14,15)16/h11,17H,4-10H2,1-3H3. The Morgan fingerprint density at radius 3 is 2.00 bits per heavy atom. The molecule has 108 valence electrons. The highest BCUT2D eigenvalue weighted by Crippen LogP contribution is 2.35. The molecule has 0 heterocycles. The molecule has 1 fully saturated rings. The van der Waals surface area contributed by atoms with Crippen molar-refractivity contribution in [2.75, 3.05) is 26.7 Å². The monoisotopic (exact) mass is 266 g/mol. The zero-order valence-electron chi connectivity index (χ0n) is 11.6. The molecule has 0 aliphatic heterocycles. The maximum atomic E-state index is 12.6.